The summed E-state index contributed by atoms with van der Waals surface area (Å²) in [6.07, 6.45) is 0. The lowest BCUT2D eigenvalue weighted by atomic mass is 9.67. The molecule has 1 aliphatic carbocycles. The molecular weight excluding hydrogens is 651 g/mol. The molecule has 10 rings (SSSR count). The Morgan fingerprint density at radius 1 is 0.296 bits per heavy atom. The number of para-hydroxylation sites is 1. The molecule has 0 radical (unpaired) electrons. The third-order valence-electron chi connectivity index (χ3n) is 11.1. The summed E-state index contributed by atoms with van der Waals surface area (Å²) < 4.78 is 0. The van der Waals surface area contributed by atoms with Crippen molar-refractivity contribution in [3.05, 3.63) is 247 Å². The number of hydrogen-bond donors (Lipinski definition) is 0. The Kier molecular flexibility index (Phi) is 7.78. The summed E-state index contributed by atoms with van der Waals surface area (Å²) in [6, 6.07) is 81.9. The summed E-state index contributed by atoms with van der Waals surface area (Å²) in [5, 5.41) is 2.49. The Morgan fingerprint density at radius 2 is 0.833 bits per heavy atom. The van der Waals surface area contributed by atoms with Crippen LogP contribution in [0.4, 0.5) is 17.1 Å². The maximum absolute atomic E-state index is 2.44. The molecule has 54 heavy (non-hydrogen) atoms. The van der Waals surface area contributed by atoms with Gasteiger partial charge in [-0.2, -0.15) is 0 Å². The smallest absolute Gasteiger partial charge is 0.0714 e. The summed E-state index contributed by atoms with van der Waals surface area (Å²) in [5.41, 5.74) is 15.4. The van der Waals surface area contributed by atoms with Gasteiger partial charge in [0, 0.05) is 17.1 Å². The largest absolute Gasteiger partial charge is 0.310 e. The van der Waals surface area contributed by atoms with Crippen LogP contribution in [-0.2, 0) is 5.41 Å². The Balaban J connectivity index is 1.13. The van der Waals surface area contributed by atoms with Crippen molar-refractivity contribution >= 4 is 27.8 Å². The maximum atomic E-state index is 2.44. The van der Waals surface area contributed by atoms with Crippen molar-refractivity contribution in [1.82, 2.24) is 0 Å². The van der Waals surface area contributed by atoms with Gasteiger partial charge in [-0.3, -0.25) is 0 Å². The predicted molar refractivity (Wildman–Crippen MR) is 227 cm³/mol. The second-order valence-electron chi connectivity index (χ2n) is 14.1. The van der Waals surface area contributed by atoms with E-state index in [1.807, 2.05) is 0 Å². The highest BCUT2D eigenvalue weighted by atomic mass is 15.1. The van der Waals surface area contributed by atoms with Crippen molar-refractivity contribution in [1.29, 1.82) is 0 Å². The van der Waals surface area contributed by atoms with Crippen LogP contribution in [-0.4, -0.2) is 0 Å². The number of anilines is 3. The fourth-order valence-corrected chi connectivity index (χ4v) is 8.72. The van der Waals surface area contributed by atoms with Crippen molar-refractivity contribution < 1.29 is 0 Å². The number of nitrogens with zero attached hydrogens (tertiary/aromatic N) is 1. The molecule has 0 saturated heterocycles. The monoisotopic (exact) mass is 687 g/mol. The second-order valence-corrected chi connectivity index (χ2v) is 14.1. The highest BCUT2D eigenvalue weighted by molar-refractivity contribution is 5.99. The summed E-state index contributed by atoms with van der Waals surface area (Å²) in [7, 11) is 0. The van der Waals surface area contributed by atoms with E-state index >= 15 is 0 Å². The van der Waals surface area contributed by atoms with Crippen molar-refractivity contribution in [2.45, 2.75) is 5.41 Å². The first-order valence-corrected chi connectivity index (χ1v) is 18.7. The lowest BCUT2D eigenvalue weighted by molar-refractivity contribution is 0.768. The van der Waals surface area contributed by atoms with Crippen LogP contribution in [0.3, 0.4) is 0 Å². The molecule has 0 aliphatic heterocycles. The van der Waals surface area contributed by atoms with Crippen LogP contribution >= 0.6 is 0 Å². The lowest BCUT2D eigenvalue weighted by Crippen LogP contribution is -2.28. The van der Waals surface area contributed by atoms with Gasteiger partial charge in [-0.25, -0.2) is 0 Å². The van der Waals surface area contributed by atoms with Gasteiger partial charge in [0.15, 0.2) is 0 Å². The summed E-state index contributed by atoms with van der Waals surface area (Å²) in [5.74, 6) is 0. The Labute approximate surface area is 317 Å². The van der Waals surface area contributed by atoms with E-state index in [1.54, 1.807) is 0 Å². The molecule has 9 aromatic rings. The van der Waals surface area contributed by atoms with Gasteiger partial charge < -0.3 is 4.90 Å². The fourth-order valence-electron chi connectivity index (χ4n) is 8.72. The van der Waals surface area contributed by atoms with Crippen LogP contribution in [0.15, 0.2) is 224 Å². The zero-order chi connectivity index (χ0) is 35.9. The number of hydrogen-bond acceptors (Lipinski definition) is 1. The minimum atomic E-state index is -0.469. The lowest BCUT2D eigenvalue weighted by Gasteiger charge is -2.35. The minimum Gasteiger partial charge on any atom is -0.310 e. The predicted octanol–water partition coefficient (Wildman–Crippen LogP) is 14.0. The van der Waals surface area contributed by atoms with Crippen LogP contribution in [0.1, 0.15) is 22.3 Å². The highest BCUT2D eigenvalue weighted by Crippen LogP contribution is 2.57. The quantitative estimate of drug-likeness (QED) is 0.161. The van der Waals surface area contributed by atoms with E-state index in [0.717, 1.165) is 17.1 Å². The molecule has 9 aromatic carbocycles. The van der Waals surface area contributed by atoms with Gasteiger partial charge in [0.25, 0.3) is 0 Å². The Bertz CT molecular complexity index is 2700. The van der Waals surface area contributed by atoms with Gasteiger partial charge >= 0.3 is 0 Å². The summed E-state index contributed by atoms with van der Waals surface area (Å²) in [6.45, 7) is 0. The van der Waals surface area contributed by atoms with Crippen molar-refractivity contribution in [3.63, 3.8) is 0 Å². The van der Waals surface area contributed by atoms with E-state index in [9.17, 15) is 0 Å². The molecule has 1 heteroatoms. The van der Waals surface area contributed by atoms with Crippen LogP contribution in [0, 0.1) is 0 Å². The van der Waals surface area contributed by atoms with E-state index in [1.165, 1.54) is 66.4 Å². The molecule has 0 atom stereocenters. The zero-order valence-electron chi connectivity index (χ0n) is 29.8. The second kappa shape index (κ2) is 13.2. The normalized spacial score (nSPS) is 12.6. The van der Waals surface area contributed by atoms with Gasteiger partial charge in [0.05, 0.1) is 5.41 Å². The molecule has 0 saturated carbocycles. The number of benzene rings is 9. The SMILES string of the molecule is c1ccc(-c2ccc3cccc(-c4ccc(N(c5ccccc5)c5ccc6c(c5)C(c5ccccc5)(c5ccccc5)c5ccccc5-6)cc4)c3c2)cc1. The van der Waals surface area contributed by atoms with Crippen LogP contribution < -0.4 is 4.90 Å². The summed E-state index contributed by atoms with van der Waals surface area (Å²) in [4.78, 5) is 2.39. The maximum Gasteiger partial charge on any atom is 0.0714 e. The molecule has 0 N–H and O–H groups in total. The van der Waals surface area contributed by atoms with Crippen molar-refractivity contribution in [3.8, 4) is 33.4 Å². The molecule has 1 nitrogen and oxygen atoms in total. The van der Waals surface area contributed by atoms with Gasteiger partial charge in [-0.05, 0) is 109 Å². The Hall–Kier alpha value is -6.96. The van der Waals surface area contributed by atoms with Crippen LogP contribution in [0.5, 0.6) is 0 Å². The molecule has 0 unspecified atom stereocenters. The minimum absolute atomic E-state index is 0.469. The molecular formula is C53H37N. The van der Waals surface area contributed by atoms with Crippen LogP contribution in [0.25, 0.3) is 44.2 Å². The molecule has 1 aliphatic rings. The van der Waals surface area contributed by atoms with Gasteiger partial charge in [-0.15, -0.1) is 0 Å². The van der Waals surface area contributed by atoms with E-state index in [4.69, 9.17) is 0 Å². The van der Waals surface area contributed by atoms with Crippen molar-refractivity contribution in [2.24, 2.45) is 0 Å². The van der Waals surface area contributed by atoms with E-state index in [0.29, 0.717) is 0 Å². The molecule has 0 amide bonds. The standard InChI is InChI=1S/C53H37N/c1-5-16-38(17-6-1)41-29-28-39-18-15-26-47(50(39)36-41)40-30-32-45(33-31-40)54(44-23-11-4-12-24-44)46-34-35-49-48-25-13-14-27-51(48)53(52(49)37-46,42-19-7-2-8-20-42)43-21-9-3-10-22-43/h1-37H. The number of fused-ring (bicyclic) bond motifs is 4. The van der Waals surface area contributed by atoms with Gasteiger partial charge in [0.2, 0.25) is 0 Å². The first-order valence-electron chi connectivity index (χ1n) is 18.7. The summed E-state index contributed by atoms with van der Waals surface area (Å²) >= 11 is 0. The van der Waals surface area contributed by atoms with E-state index < -0.39 is 5.41 Å². The molecule has 0 spiro atoms. The van der Waals surface area contributed by atoms with Gasteiger partial charge in [-0.1, -0.05) is 182 Å². The molecule has 0 aromatic heterocycles. The van der Waals surface area contributed by atoms with E-state index in [2.05, 4.69) is 229 Å². The molecule has 0 heterocycles. The number of rotatable bonds is 7. The third kappa shape index (κ3) is 5.17. The topological polar surface area (TPSA) is 3.24 Å². The molecule has 254 valence electrons. The average Bonchev–Trinajstić information content (AvgIpc) is 3.55. The van der Waals surface area contributed by atoms with E-state index in [-0.39, 0.29) is 0 Å². The first-order chi connectivity index (χ1) is 26.8. The van der Waals surface area contributed by atoms with Gasteiger partial charge in [0.1, 0.15) is 0 Å². The van der Waals surface area contributed by atoms with Crippen LogP contribution in [0.2, 0.25) is 0 Å². The zero-order valence-corrected chi connectivity index (χ0v) is 29.8. The highest BCUT2D eigenvalue weighted by Gasteiger charge is 2.46. The molecule has 0 fully saturated rings. The molecule has 0 bridgehead atoms. The van der Waals surface area contributed by atoms with Crippen molar-refractivity contribution in [2.75, 3.05) is 4.90 Å². The average molecular weight is 688 g/mol. The third-order valence-corrected chi connectivity index (χ3v) is 11.1. The fraction of sp³-hybridized carbons (Fsp3) is 0.0189. The first kappa shape index (κ1) is 31.7. The Morgan fingerprint density at radius 3 is 1.54 bits per heavy atom.